The Morgan fingerprint density at radius 3 is 2.69 bits per heavy atom. The fourth-order valence-electron chi connectivity index (χ4n) is 3.66. The molecular weight excluding hydrogens is 418 g/mol. The smallest absolute Gasteiger partial charge is 0.287 e. The second kappa shape index (κ2) is 7.95. The van der Waals surface area contributed by atoms with E-state index in [0.29, 0.717) is 16.9 Å². The highest BCUT2D eigenvalue weighted by Crippen LogP contribution is 2.32. The van der Waals surface area contributed by atoms with Gasteiger partial charge in [0.2, 0.25) is 5.88 Å². The molecular formula is C22H18F2N6O2. The van der Waals surface area contributed by atoms with Crippen LogP contribution in [-0.4, -0.2) is 60.9 Å². The van der Waals surface area contributed by atoms with Gasteiger partial charge in [0.05, 0.1) is 30.2 Å². The lowest BCUT2D eigenvalue weighted by molar-refractivity contribution is -0.131. The van der Waals surface area contributed by atoms with E-state index in [2.05, 4.69) is 20.2 Å². The third-order valence-corrected chi connectivity index (χ3v) is 5.33. The molecule has 10 heteroatoms. The summed E-state index contributed by atoms with van der Waals surface area (Å²) in [5.74, 6) is -3.47. The summed E-state index contributed by atoms with van der Waals surface area (Å²) in [6, 6.07) is 13.6. The number of alkyl halides is 2. The van der Waals surface area contributed by atoms with Gasteiger partial charge in [-0.1, -0.05) is 12.1 Å². The molecule has 1 aliphatic heterocycles. The van der Waals surface area contributed by atoms with Crippen molar-refractivity contribution in [1.82, 2.24) is 29.9 Å². The van der Waals surface area contributed by atoms with Crippen molar-refractivity contribution in [3.63, 3.8) is 0 Å². The number of aromatic nitrogens is 5. The van der Waals surface area contributed by atoms with Crippen LogP contribution >= 0.6 is 0 Å². The molecule has 162 valence electrons. The molecule has 0 N–H and O–H groups in total. The molecule has 1 atom stereocenters. The van der Waals surface area contributed by atoms with Crippen molar-refractivity contribution in [2.75, 3.05) is 13.1 Å². The van der Waals surface area contributed by atoms with Crippen LogP contribution in [-0.2, 0) is 0 Å². The van der Waals surface area contributed by atoms with Crippen LogP contribution in [0, 0.1) is 0 Å². The highest BCUT2D eigenvalue weighted by Gasteiger charge is 2.47. The molecule has 0 spiro atoms. The average molecular weight is 436 g/mol. The van der Waals surface area contributed by atoms with E-state index in [4.69, 9.17) is 4.74 Å². The molecule has 1 fully saturated rings. The minimum absolute atomic E-state index is 0.0383. The van der Waals surface area contributed by atoms with Gasteiger partial charge in [-0.2, -0.15) is 20.0 Å². The van der Waals surface area contributed by atoms with E-state index >= 15 is 0 Å². The maximum atomic E-state index is 14.7. The Balaban J connectivity index is 1.39. The SMILES string of the molecule is O=C(c1ccccc1-n1nccn1)N1CCC(F)(F)C(Oc2ccc3cccnc3n2)C1. The summed E-state index contributed by atoms with van der Waals surface area (Å²) >= 11 is 0. The van der Waals surface area contributed by atoms with Crippen molar-refractivity contribution in [3.8, 4) is 11.6 Å². The predicted molar refractivity (Wildman–Crippen MR) is 111 cm³/mol. The minimum atomic E-state index is -3.11. The zero-order valence-corrected chi connectivity index (χ0v) is 16.8. The minimum Gasteiger partial charge on any atom is -0.466 e. The summed E-state index contributed by atoms with van der Waals surface area (Å²) < 4.78 is 34.9. The maximum absolute atomic E-state index is 14.7. The topological polar surface area (TPSA) is 86.0 Å². The van der Waals surface area contributed by atoms with Crippen LogP contribution in [0.4, 0.5) is 8.78 Å². The summed E-state index contributed by atoms with van der Waals surface area (Å²) in [5, 5.41) is 8.91. The summed E-state index contributed by atoms with van der Waals surface area (Å²) in [7, 11) is 0. The number of carbonyl (C=O) groups excluding carboxylic acids is 1. The third-order valence-electron chi connectivity index (χ3n) is 5.33. The molecule has 1 saturated heterocycles. The number of pyridine rings is 2. The van der Waals surface area contributed by atoms with E-state index in [9.17, 15) is 13.6 Å². The second-order valence-electron chi connectivity index (χ2n) is 7.40. The third kappa shape index (κ3) is 3.75. The van der Waals surface area contributed by atoms with Gasteiger partial charge >= 0.3 is 0 Å². The molecule has 1 unspecified atom stereocenters. The standard InChI is InChI=1S/C22H18F2N6O2/c23-22(24)9-13-29(21(31)16-5-1-2-6-17(16)30-26-11-12-27-30)14-18(22)32-19-8-7-15-4-3-10-25-20(15)28-19/h1-8,10-12,18H,9,13-14H2. The number of para-hydroxylation sites is 1. The van der Waals surface area contributed by atoms with Crippen molar-refractivity contribution < 1.29 is 18.3 Å². The molecule has 32 heavy (non-hydrogen) atoms. The first-order valence-corrected chi connectivity index (χ1v) is 10.0. The number of benzene rings is 1. The number of hydrogen-bond acceptors (Lipinski definition) is 6. The van der Waals surface area contributed by atoms with E-state index in [0.717, 1.165) is 5.39 Å². The number of amides is 1. The summed E-state index contributed by atoms with van der Waals surface area (Å²) in [5.41, 5.74) is 1.19. The van der Waals surface area contributed by atoms with Crippen LogP contribution in [0.3, 0.4) is 0 Å². The van der Waals surface area contributed by atoms with Crippen molar-refractivity contribution in [1.29, 1.82) is 0 Å². The zero-order valence-electron chi connectivity index (χ0n) is 16.8. The number of carbonyl (C=O) groups is 1. The number of fused-ring (bicyclic) bond motifs is 1. The number of likely N-dealkylation sites (tertiary alicyclic amines) is 1. The monoisotopic (exact) mass is 436 g/mol. The molecule has 1 amide bonds. The molecule has 8 nitrogen and oxygen atoms in total. The maximum Gasteiger partial charge on any atom is 0.287 e. The van der Waals surface area contributed by atoms with Crippen LogP contribution in [0.25, 0.3) is 16.7 Å². The Morgan fingerprint density at radius 1 is 1.03 bits per heavy atom. The molecule has 0 bridgehead atoms. The van der Waals surface area contributed by atoms with Crippen molar-refractivity contribution in [2.45, 2.75) is 18.4 Å². The van der Waals surface area contributed by atoms with Gasteiger partial charge in [-0.15, -0.1) is 0 Å². The molecule has 0 aliphatic carbocycles. The van der Waals surface area contributed by atoms with Crippen LogP contribution in [0.1, 0.15) is 16.8 Å². The van der Waals surface area contributed by atoms with Gasteiger partial charge in [0.15, 0.2) is 11.8 Å². The first-order chi connectivity index (χ1) is 15.5. The number of nitrogens with zero attached hydrogens (tertiary/aromatic N) is 6. The van der Waals surface area contributed by atoms with E-state index in [1.54, 1.807) is 42.6 Å². The Bertz CT molecular complexity index is 1260. The van der Waals surface area contributed by atoms with Gasteiger partial charge in [-0.3, -0.25) is 4.79 Å². The summed E-state index contributed by atoms with van der Waals surface area (Å²) in [6.07, 6.45) is 2.51. The molecule has 4 heterocycles. The molecule has 3 aromatic heterocycles. The van der Waals surface area contributed by atoms with Crippen molar-refractivity contribution >= 4 is 16.9 Å². The number of hydrogen-bond donors (Lipinski definition) is 0. The van der Waals surface area contributed by atoms with Crippen molar-refractivity contribution in [3.05, 3.63) is 72.7 Å². The van der Waals surface area contributed by atoms with Gasteiger partial charge in [0, 0.05) is 30.6 Å². The molecule has 4 aromatic rings. The van der Waals surface area contributed by atoms with E-state index in [1.807, 2.05) is 6.07 Å². The van der Waals surface area contributed by atoms with Crippen LogP contribution in [0.5, 0.6) is 5.88 Å². The number of ether oxygens (including phenoxy) is 1. The quantitative estimate of drug-likeness (QED) is 0.489. The van der Waals surface area contributed by atoms with Crippen LogP contribution in [0.15, 0.2) is 67.1 Å². The molecule has 1 aliphatic rings. The van der Waals surface area contributed by atoms with E-state index in [1.165, 1.54) is 28.2 Å². The van der Waals surface area contributed by atoms with Crippen LogP contribution in [0.2, 0.25) is 0 Å². The highest BCUT2D eigenvalue weighted by molar-refractivity contribution is 5.97. The van der Waals surface area contributed by atoms with Gasteiger partial charge in [0.25, 0.3) is 11.8 Å². The Labute approximate surface area is 181 Å². The van der Waals surface area contributed by atoms with Gasteiger partial charge < -0.3 is 9.64 Å². The van der Waals surface area contributed by atoms with Crippen molar-refractivity contribution in [2.24, 2.45) is 0 Å². The lowest BCUT2D eigenvalue weighted by Crippen LogP contribution is -2.55. The highest BCUT2D eigenvalue weighted by atomic mass is 19.3. The number of rotatable bonds is 4. The van der Waals surface area contributed by atoms with Crippen LogP contribution < -0.4 is 4.74 Å². The Morgan fingerprint density at radius 2 is 1.84 bits per heavy atom. The number of piperidine rings is 1. The largest absolute Gasteiger partial charge is 0.466 e. The Kier molecular flexibility index (Phi) is 4.96. The lowest BCUT2D eigenvalue weighted by atomic mass is 10.0. The van der Waals surface area contributed by atoms with E-state index < -0.39 is 24.4 Å². The first-order valence-electron chi connectivity index (χ1n) is 10.0. The normalized spacial score (nSPS) is 17.9. The Hall–Kier alpha value is -3.95. The van der Waals surface area contributed by atoms with Gasteiger partial charge in [-0.05, 0) is 30.3 Å². The zero-order chi connectivity index (χ0) is 22.1. The lowest BCUT2D eigenvalue weighted by Gasteiger charge is -2.38. The predicted octanol–water partition coefficient (Wildman–Crippen LogP) is 3.14. The summed E-state index contributed by atoms with van der Waals surface area (Å²) in [6.45, 7) is -0.381. The second-order valence-corrected chi connectivity index (χ2v) is 7.40. The number of halogens is 2. The van der Waals surface area contributed by atoms with Gasteiger partial charge in [-0.25, -0.2) is 13.8 Å². The fraction of sp³-hybridized carbons (Fsp3) is 0.227. The molecule has 1 aromatic carbocycles. The molecule has 0 saturated carbocycles. The molecule has 5 rings (SSSR count). The molecule has 0 radical (unpaired) electrons. The first kappa shape index (κ1) is 20.0. The van der Waals surface area contributed by atoms with Gasteiger partial charge in [0.1, 0.15) is 0 Å². The van der Waals surface area contributed by atoms with E-state index in [-0.39, 0.29) is 19.0 Å². The fourth-order valence-corrected chi connectivity index (χ4v) is 3.66. The average Bonchev–Trinajstić information content (AvgIpc) is 3.35. The summed E-state index contributed by atoms with van der Waals surface area (Å²) in [4.78, 5) is 24.3.